The molecule has 2 aromatic rings. The first-order chi connectivity index (χ1) is 14.9. The van der Waals surface area contributed by atoms with Crippen LogP contribution in [0.2, 0.25) is 0 Å². The summed E-state index contributed by atoms with van der Waals surface area (Å²) in [4.78, 5) is 14.4. The zero-order valence-electron chi connectivity index (χ0n) is 17.0. The number of benzene rings is 2. The molecule has 1 aliphatic heterocycles. The van der Waals surface area contributed by atoms with E-state index in [4.69, 9.17) is 4.74 Å². The second-order valence-electron chi connectivity index (χ2n) is 7.07. The van der Waals surface area contributed by atoms with E-state index in [0.29, 0.717) is 6.54 Å². The molecule has 5 nitrogen and oxygen atoms in total. The maximum absolute atomic E-state index is 12.7. The molecular weight excluding hydrogens is 407 g/mol. The largest absolute Gasteiger partial charge is 0.416 e. The van der Waals surface area contributed by atoms with Gasteiger partial charge in [0.05, 0.1) is 25.3 Å². The number of morpholine rings is 1. The summed E-state index contributed by atoms with van der Waals surface area (Å²) >= 11 is 0. The Balaban J connectivity index is 1.47. The summed E-state index contributed by atoms with van der Waals surface area (Å²) < 4.78 is 43.5. The van der Waals surface area contributed by atoms with Crippen molar-refractivity contribution in [2.24, 2.45) is 0 Å². The average molecular weight is 431 g/mol. The van der Waals surface area contributed by atoms with Gasteiger partial charge < -0.3 is 15.4 Å². The number of rotatable bonds is 5. The van der Waals surface area contributed by atoms with Crippen LogP contribution in [0.4, 0.5) is 18.0 Å². The molecule has 2 aromatic carbocycles. The van der Waals surface area contributed by atoms with Gasteiger partial charge in [0.2, 0.25) is 0 Å². The predicted octanol–water partition coefficient (Wildman–Crippen LogP) is 3.39. The van der Waals surface area contributed by atoms with Crippen LogP contribution in [0.25, 0.3) is 0 Å². The highest BCUT2D eigenvalue weighted by atomic mass is 19.4. The number of urea groups is 1. The molecule has 0 saturated carbocycles. The Kier molecular flexibility index (Phi) is 7.93. The summed E-state index contributed by atoms with van der Waals surface area (Å²) in [6.07, 6.45) is -4.41. The molecule has 0 aromatic heterocycles. The monoisotopic (exact) mass is 431 g/mol. The van der Waals surface area contributed by atoms with Crippen molar-refractivity contribution in [1.82, 2.24) is 15.5 Å². The van der Waals surface area contributed by atoms with Crippen molar-refractivity contribution in [1.29, 1.82) is 0 Å². The zero-order valence-corrected chi connectivity index (χ0v) is 17.0. The molecule has 164 valence electrons. The lowest BCUT2D eigenvalue weighted by Gasteiger charge is -2.27. The number of amides is 2. The van der Waals surface area contributed by atoms with Crippen LogP contribution in [-0.4, -0.2) is 43.8 Å². The first-order valence-corrected chi connectivity index (χ1v) is 9.96. The number of nitrogens with zero attached hydrogens (tertiary/aromatic N) is 1. The second-order valence-corrected chi connectivity index (χ2v) is 7.07. The van der Waals surface area contributed by atoms with E-state index >= 15 is 0 Å². The molecule has 0 aliphatic carbocycles. The van der Waals surface area contributed by atoms with Gasteiger partial charge in [0.15, 0.2) is 0 Å². The third-order valence-corrected chi connectivity index (χ3v) is 4.82. The smallest absolute Gasteiger partial charge is 0.379 e. The summed E-state index contributed by atoms with van der Waals surface area (Å²) in [5.74, 6) is 5.30. The molecule has 8 heteroatoms. The van der Waals surface area contributed by atoms with Gasteiger partial charge in [-0.05, 0) is 29.3 Å². The number of carbonyl (C=O) groups excluding carboxylic acids is 1. The number of hydrogen-bond acceptors (Lipinski definition) is 3. The van der Waals surface area contributed by atoms with Gasteiger partial charge in [0.25, 0.3) is 0 Å². The number of halogens is 3. The number of carbonyl (C=O) groups is 1. The fourth-order valence-electron chi connectivity index (χ4n) is 3.17. The van der Waals surface area contributed by atoms with Crippen molar-refractivity contribution in [3.63, 3.8) is 0 Å². The quantitative estimate of drug-likeness (QED) is 0.714. The molecular formula is C23H24F3N3O2. The van der Waals surface area contributed by atoms with E-state index in [0.717, 1.165) is 56.1 Å². The molecule has 0 unspecified atom stereocenters. The maximum Gasteiger partial charge on any atom is 0.416 e. The number of hydrogen-bond donors (Lipinski definition) is 2. The molecule has 0 bridgehead atoms. The van der Waals surface area contributed by atoms with E-state index in [1.165, 1.54) is 12.1 Å². The van der Waals surface area contributed by atoms with Crippen LogP contribution in [0.1, 0.15) is 22.3 Å². The molecule has 0 spiro atoms. The third kappa shape index (κ3) is 7.31. The lowest BCUT2D eigenvalue weighted by molar-refractivity contribution is -0.137. The van der Waals surface area contributed by atoms with Crippen molar-refractivity contribution in [2.75, 3.05) is 32.8 Å². The van der Waals surface area contributed by atoms with Gasteiger partial charge in [-0.3, -0.25) is 4.90 Å². The first-order valence-electron chi connectivity index (χ1n) is 9.96. The molecule has 31 heavy (non-hydrogen) atoms. The summed E-state index contributed by atoms with van der Waals surface area (Å²) in [5, 5.41) is 5.39. The Bertz CT molecular complexity index is 945. The average Bonchev–Trinajstić information content (AvgIpc) is 2.76. The lowest BCUT2D eigenvalue weighted by Crippen LogP contribution is -2.37. The van der Waals surface area contributed by atoms with Crippen LogP contribution in [0.5, 0.6) is 0 Å². The standard InChI is InChI=1S/C23H24F3N3O2/c24-23(25,26)21-9-3-5-18(15-21)6-4-10-27-22(30)28-16-19-7-1-2-8-20(19)17-29-11-13-31-14-12-29/h1-3,5,7-9,15H,10-14,16-17H2,(H2,27,28,30). The molecule has 1 aliphatic rings. The second kappa shape index (κ2) is 10.8. The topological polar surface area (TPSA) is 53.6 Å². The zero-order chi connectivity index (χ0) is 22.1. The highest BCUT2D eigenvalue weighted by Gasteiger charge is 2.30. The molecule has 0 atom stereocenters. The van der Waals surface area contributed by atoms with Crippen LogP contribution in [0.15, 0.2) is 48.5 Å². The van der Waals surface area contributed by atoms with Crippen molar-refractivity contribution in [2.45, 2.75) is 19.3 Å². The van der Waals surface area contributed by atoms with Gasteiger partial charge in [0, 0.05) is 31.7 Å². The van der Waals surface area contributed by atoms with Crippen molar-refractivity contribution < 1.29 is 22.7 Å². The van der Waals surface area contributed by atoms with E-state index < -0.39 is 11.7 Å². The first kappa shape index (κ1) is 22.7. The number of alkyl halides is 3. The molecule has 2 amide bonds. The summed E-state index contributed by atoms with van der Waals surface area (Å²) in [6.45, 7) is 4.41. The van der Waals surface area contributed by atoms with Crippen LogP contribution in [0.3, 0.4) is 0 Å². The maximum atomic E-state index is 12.7. The van der Waals surface area contributed by atoms with Crippen LogP contribution in [0, 0.1) is 11.8 Å². The molecule has 3 rings (SSSR count). The van der Waals surface area contributed by atoms with Crippen LogP contribution < -0.4 is 10.6 Å². The Labute approximate surface area is 179 Å². The minimum absolute atomic E-state index is 0.0253. The molecule has 1 fully saturated rings. The van der Waals surface area contributed by atoms with Gasteiger partial charge in [-0.25, -0.2) is 4.79 Å². The Morgan fingerprint density at radius 2 is 1.77 bits per heavy atom. The van der Waals surface area contributed by atoms with E-state index in [1.807, 2.05) is 24.3 Å². The van der Waals surface area contributed by atoms with E-state index in [1.54, 1.807) is 0 Å². The summed E-state index contributed by atoms with van der Waals surface area (Å²) in [7, 11) is 0. The fraction of sp³-hybridized carbons (Fsp3) is 0.348. The minimum Gasteiger partial charge on any atom is -0.379 e. The summed E-state index contributed by atoms with van der Waals surface area (Å²) in [6, 6.07) is 12.3. The van der Waals surface area contributed by atoms with Crippen molar-refractivity contribution in [3.8, 4) is 11.8 Å². The molecule has 1 saturated heterocycles. The Morgan fingerprint density at radius 1 is 1.03 bits per heavy atom. The highest BCUT2D eigenvalue weighted by molar-refractivity contribution is 5.74. The highest BCUT2D eigenvalue weighted by Crippen LogP contribution is 2.29. The Hall–Kier alpha value is -3.02. The fourth-order valence-corrected chi connectivity index (χ4v) is 3.17. The number of nitrogens with one attached hydrogen (secondary N) is 2. The molecule has 0 radical (unpaired) electrons. The molecule has 2 N–H and O–H groups in total. The van der Waals surface area contributed by atoms with E-state index in [2.05, 4.69) is 27.4 Å². The van der Waals surface area contributed by atoms with E-state index in [9.17, 15) is 18.0 Å². The van der Waals surface area contributed by atoms with Gasteiger partial charge in [0.1, 0.15) is 0 Å². The van der Waals surface area contributed by atoms with Crippen molar-refractivity contribution >= 4 is 6.03 Å². The van der Waals surface area contributed by atoms with Crippen LogP contribution in [-0.2, 0) is 24.0 Å². The normalized spacial score (nSPS) is 14.4. The Morgan fingerprint density at radius 3 is 2.52 bits per heavy atom. The van der Waals surface area contributed by atoms with Gasteiger partial charge >= 0.3 is 12.2 Å². The van der Waals surface area contributed by atoms with Crippen LogP contribution >= 0.6 is 0 Å². The van der Waals surface area contributed by atoms with E-state index in [-0.39, 0.29) is 18.1 Å². The van der Waals surface area contributed by atoms with Gasteiger partial charge in [-0.15, -0.1) is 0 Å². The lowest BCUT2D eigenvalue weighted by atomic mass is 10.1. The predicted molar refractivity (Wildman–Crippen MR) is 111 cm³/mol. The minimum atomic E-state index is -4.41. The molecule has 1 heterocycles. The van der Waals surface area contributed by atoms with Gasteiger partial charge in [-0.2, -0.15) is 13.2 Å². The number of ether oxygens (including phenoxy) is 1. The van der Waals surface area contributed by atoms with Crippen molar-refractivity contribution in [3.05, 3.63) is 70.8 Å². The van der Waals surface area contributed by atoms with Gasteiger partial charge in [-0.1, -0.05) is 42.2 Å². The SMILES string of the molecule is O=C(NCC#Cc1cccc(C(F)(F)F)c1)NCc1ccccc1CN1CCOCC1. The summed E-state index contributed by atoms with van der Waals surface area (Å²) in [5.41, 5.74) is 1.67. The third-order valence-electron chi connectivity index (χ3n) is 4.82.